The van der Waals surface area contributed by atoms with Gasteiger partial charge in [-0.25, -0.2) is 8.42 Å². The van der Waals surface area contributed by atoms with Crippen LogP contribution in [-0.2, 0) is 20.6 Å². The molecule has 8 nitrogen and oxygen atoms in total. The number of carbonyl (C=O) groups excluding carboxylic acids is 1. The van der Waals surface area contributed by atoms with Gasteiger partial charge in [0.1, 0.15) is 23.8 Å². The largest absolute Gasteiger partial charge is 0.492 e. The highest BCUT2D eigenvalue weighted by Crippen LogP contribution is 2.21. The van der Waals surface area contributed by atoms with Crippen molar-refractivity contribution in [2.24, 2.45) is 0 Å². The van der Waals surface area contributed by atoms with Crippen molar-refractivity contribution in [2.75, 3.05) is 17.9 Å². The summed E-state index contributed by atoms with van der Waals surface area (Å²) in [5.74, 6) is 0.160. The van der Waals surface area contributed by atoms with Gasteiger partial charge in [-0.15, -0.1) is 0 Å². The Kier molecular flexibility index (Phi) is 5.60. The summed E-state index contributed by atoms with van der Waals surface area (Å²) in [6, 6.07) is 13.6. The van der Waals surface area contributed by atoms with Crippen molar-refractivity contribution < 1.29 is 22.5 Å². The third-order valence-electron chi connectivity index (χ3n) is 3.65. The standard InChI is InChI=1S/C18H19N3O5S/c1-13(22)19-10-11-25-15-8-6-14(7-9-15)21-27(23,24)12-17-16-4-2-3-5-18(16)26-20-17/h2-9,21H,10-12H2,1H3,(H,19,22). The molecular formula is C18H19N3O5S. The number of rotatable bonds is 8. The minimum absolute atomic E-state index is 0.122. The maximum Gasteiger partial charge on any atom is 0.238 e. The second-order valence-electron chi connectivity index (χ2n) is 5.84. The fourth-order valence-corrected chi connectivity index (χ4v) is 3.59. The van der Waals surface area contributed by atoms with Crippen LogP contribution >= 0.6 is 0 Å². The quantitative estimate of drug-likeness (QED) is 0.572. The van der Waals surface area contributed by atoms with Crippen LogP contribution in [-0.4, -0.2) is 32.6 Å². The number of sulfonamides is 1. The molecule has 0 radical (unpaired) electrons. The minimum Gasteiger partial charge on any atom is -0.492 e. The summed E-state index contributed by atoms with van der Waals surface area (Å²) in [5.41, 5.74) is 1.32. The molecule has 3 aromatic rings. The molecule has 0 spiro atoms. The lowest BCUT2D eigenvalue weighted by Crippen LogP contribution is -2.25. The van der Waals surface area contributed by atoms with Gasteiger partial charge in [0.2, 0.25) is 15.9 Å². The van der Waals surface area contributed by atoms with E-state index >= 15 is 0 Å². The van der Waals surface area contributed by atoms with E-state index < -0.39 is 10.0 Å². The molecule has 142 valence electrons. The third-order valence-corrected chi connectivity index (χ3v) is 4.85. The third kappa shape index (κ3) is 5.20. The number of aromatic nitrogens is 1. The zero-order valence-electron chi connectivity index (χ0n) is 14.6. The molecule has 2 N–H and O–H groups in total. The van der Waals surface area contributed by atoms with Gasteiger partial charge in [0.05, 0.1) is 6.54 Å². The first-order valence-corrected chi connectivity index (χ1v) is 9.89. The van der Waals surface area contributed by atoms with Gasteiger partial charge in [0, 0.05) is 18.0 Å². The number of para-hydroxylation sites is 1. The van der Waals surface area contributed by atoms with Crippen molar-refractivity contribution >= 4 is 32.6 Å². The maximum atomic E-state index is 12.4. The number of hydrogen-bond acceptors (Lipinski definition) is 6. The number of carbonyl (C=O) groups is 1. The van der Waals surface area contributed by atoms with Gasteiger partial charge in [0.15, 0.2) is 5.58 Å². The van der Waals surface area contributed by atoms with Gasteiger partial charge in [0.25, 0.3) is 0 Å². The number of nitrogens with zero attached hydrogens (tertiary/aromatic N) is 1. The van der Waals surface area contributed by atoms with E-state index in [1.54, 1.807) is 48.5 Å². The fourth-order valence-electron chi connectivity index (χ4n) is 2.45. The van der Waals surface area contributed by atoms with Crippen molar-refractivity contribution in [3.05, 3.63) is 54.2 Å². The highest BCUT2D eigenvalue weighted by atomic mass is 32.2. The van der Waals surface area contributed by atoms with E-state index in [9.17, 15) is 13.2 Å². The Bertz CT molecular complexity index is 1030. The summed E-state index contributed by atoms with van der Waals surface area (Å²) in [7, 11) is -3.65. The van der Waals surface area contributed by atoms with Crippen LogP contribution in [0, 0.1) is 0 Å². The number of ether oxygens (including phenoxy) is 1. The number of fused-ring (bicyclic) bond motifs is 1. The van der Waals surface area contributed by atoms with Crippen LogP contribution in [0.25, 0.3) is 11.0 Å². The average Bonchev–Trinajstić information content (AvgIpc) is 3.02. The first-order valence-electron chi connectivity index (χ1n) is 8.24. The van der Waals surface area contributed by atoms with E-state index in [0.717, 1.165) is 0 Å². The summed E-state index contributed by atoms with van der Waals surface area (Å²) < 4.78 is 37.9. The van der Waals surface area contributed by atoms with Crippen LogP contribution < -0.4 is 14.8 Å². The van der Waals surface area contributed by atoms with Crippen LogP contribution in [0.3, 0.4) is 0 Å². The van der Waals surface area contributed by atoms with E-state index in [4.69, 9.17) is 9.26 Å². The smallest absolute Gasteiger partial charge is 0.238 e. The highest BCUT2D eigenvalue weighted by Gasteiger charge is 2.17. The Morgan fingerprint density at radius 3 is 2.63 bits per heavy atom. The highest BCUT2D eigenvalue weighted by molar-refractivity contribution is 7.91. The van der Waals surface area contributed by atoms with Crippen LogP contribution in [0.2, 0.25) is 0 Å². The minimum atomic E-state index is -3.65. The summed E-state index contributed by atoms with van der Waals surface area (Å²) >= 11 is 0. The molecule has 0 aliphatic rings. The number of anilines is 1. The monoisotopic (exact) mass is 389 g/mol. The number of nitrogens with one attached hydrogen (secondary N) is 2. The molecule has 0 atom stereocenters. The lowest BCUT2D eigenvalue weighted by Gasteiger charge is -2.09. The van der Waals surface area contributed by atoms with Crippen LogP contribution in [0.1, 0.15) is 12.6 Å². The van der Waals surface area contributed by atoms with Crippen molar-refractivity contribution in [3.63, 3.8) is 0 Å². The Hall–Kier alpha value is -3.07. The van der Waals surface area contributed by atoms with E-state index in [2.05, 4.69) is 15.2 Å². The Balaban J connectivity index is 1.59. The molecule has 3 rings (SSSR count). The van der Waals surface area contributed by atoms with Crippen LogP contribution in [0.5, 0.6) is 5.75 Å². The summed E-state index contributed by atoms with van der Waals surface area (Å²) in [6.07, 6.45) is 0. The molecule has 0 unspecified atom stereocenters. The first-order chi connectivity index (χ1) is 12.9. The normalized spacial score (nSPS) is 11.3. The maximum absolute atomic E-state index is 12.4. The molecule has 0 saturated carbocycles. The molecule has 0 bridgehead atoms. The lowest BCUT2D eigenvalue weighted by atomic mass is 10.2. The predicted octanol–water partition coefficient (Wildman–Crippen LogP) is 2.28. The van der Waals surface area contributed by atoms with Gasteiger partial charge in [-0.1, -0.05) is 17.3 Å². The molecule has 1 heterocycles. The molecule has 0 aliphatic heterocycles. The molecule has 0 fully saturated rings. The number of hydrogen-bond donors (Lipinski definition) is 2. The Labute approximate surface area is 156 Å². The Morgan fingerprint density at radius 2 is 1.89 bits per heavy atom. The zero-order chi connectivity index (χ0) is 19.3. The predicted molar refractivity (Wildman–Crippen MR) is 101 cm³/mol. The lowest BCUT2D eigenvalue weighted by molar-refractivity contribution is -0.119. The van der Waals surface area contributed by atoms with Gasteiger partial charge in [-0.3, -0.25) is 9.52 Å². The van der Waals surface area contributed by atoms with Gasteiger partial charge in [-0.05, 0) is 36.4 Å². The SMILES string of the molecule is CC(=O)NCCOc1ccc(NS(=O)(=O)Cc2noc3ccccc23)cc1. The van der Waals surface area contributed by atoms with E-state index in [1.165, 1.54) is 6.92 Å². The molecular weight excluding hydrogens is 370 g/mol. The van der Waals surface area contributed by atoms with E-state index in [0.29, 0.717) is 41.3 Å². The second kappa shape index (κ2) is 8.09. The summed E-state index contributed by atoms with van der Waals surface area (Å²) in [6.45, 7) is 2.15. The number of benzene rings is 2. The van der Waals surface area contributed by atoms with Crippen LogP contribution in [0.4, 0.5) is 5.69 Å². The summed E-state index contributed by atoms with van der Waals surface area (Å²) in [4.78, 5) is 10.8. The zero-order valence-corrected chi connectivity index (χ0v) is 15.5. The summed E-state index contributed by atoms with van der Waals surface area (Å²) in [5, 5.41) is 7.14. The second-order valence-corrected chi connectivity index (χ2v) is 7.56. The van der Waals surface area contributed by atoms with Crippen molar-refractivity contribution in [3.8, 4) is 5.75 Å². The first kappa shape index (κ1) is 18.7. The van der Waals surface area contributed by atoms with Crippen molar-refractivity contribution in [1.29, 1.82) is 0 Å². The van der Waals surface area contributed by atoms with E-state index in [-0.39, 0.29) is 11.7 Å². The fraction of sp³-hybridized carbons (Fsp3) is 0.222. The molecule has 9 heteroatoms. The molecule has 27 heavy (non-hydrogen) atoms. The van der Waals surface area contributed by atoms with Crippen LogP contribution in [0.15, 0.2) is 53.1 Å². The van der Waals surface area contributed by atoms with E-state index in [1.807, 2.05) is 0 Å². The van der Waals surface area contributed by atoms with Gasteiger partial charge >= 0.3 is 0 Å². The average molecular weight is 389 g/mol. The molecule has 2 aromatic carbocycles. The Morgan fingerprint density at radius 1 is 1.15 bits per heavy atom. The molecule has 1 amide bonds. The van der Waals surface area contributed by atoms with Gasteiger partial charge < -0.3 is 14.6 Å². The molecule has 0 aliphatic carbocycles. The molecule has 0 saturated heterocycles. The van der Waals surface area contributed by atoms with Gasteiger partial charge in [-0.2, -0.15) is 0 Å². The van der Waals surface area contributed by atoms with Crippen molar-refractivity contribution in [2.45, 2.75) is 12.7 Å². The van der Waals surface area contributed by atoms with Crippen molar-refractivity contribution in [1.82, 2.24) is 10.5 Å². The molecule has 1 aromatic heterocycles. The number of amides is 1. The topological polar surface area (TPSA) is 111 Å².